The minimum atomic E-state index is 0.591. The Morgan fingerprint density at radius 1 is 1.56 bits per heavy atom. The maximum atomic E-state index is 4.18. The molecule has 1 N–H and O–H groups in total. The van der Waals surface area contributed by atoms with Crippen molar-refractivity contribution in [3.63, 3.8) is 0 Å². The second-order valence-electron chi connectivity index (χ2n) is 4.68. The van der Waals surface area contributed by atoms with Gasteiger partial charge in [0.1, 0.15) is 5.82 Å². The van der Waals surface area contributed by atoms with Gasteiger partial charge >= 0.3 is 0 Å². The van der Waals surface area contributed by atoms with E-state index in [1.807, 2.05) is 24.0 Å². The SMILES string of the molecule is CCN1CCC(Nc2ccnn2C)CC1C. The Labute approximate surface area is 97.6 Å². The van der Waals surface area contributed by atoms with E-state index in [1.54, 1.807) is 0 Å². The molecule has 0 aliphatic carbocycles. The standard InChI is InChI=1S/C12H22N4/c1-4-16-8-6-11(9-10(16)2)14-12-5-7-13-15(12)3/h5,7,10-11,14H,4,6,8-9H2,1-3H3. The molecule has 2 rings (SSSR count). The summed E-state index contributed by atoms with van der Waals surface area (Å²) in [6, 6.07) is 3.31. The number of nitrogens with one attached hydrogen (secondary N) is 1. The highest BCUT2D eigenvalue weighted by atomic mass is 15.3. The van der Waals surface area contributed by atoms with Crippen LogP contribution in [0.3, 0.4) is 0 Å². The van der Waals surface area contributed by atoms with Gasteiger partial charge < -0.3 is 10.2 Å². The van der Waals surface area contributed by atoms with E-state index in [4.69, 9.17) is 0 Å². The number of anilines is 1. The fourth-order valence-electron chi connectivity index (χ4n) is 2.55. The van der Waals surface area contributed by atoms with Crippen LogP contribution in [-0.4, -0.2) is 39.9 Å². The molecular formula is C12H22N4. The molecule has 2 heterocycles. The Hall–Kier alpha value is -1.03. The van der Waals surface area contributed by atoms with Crippen molar-refractivity contribution >= 4 is 5.82 Å². The van der Waals surface area contributed by atoms with Crippen molar-refractivity contribution in [2.45, 2.75) is 38.8 Å². The summed E-state index contributed by atoms with van der Waals surface area (Å²) in [5.74, 6) is 1.13. The summed E-state index contributed by atoms with van der Waals surface area (Å²) in [4.78, 5) is 2.54. The molecule has 0 radical (unpaired) electrons. The Morgan fingerprint density at radius 3 is 2.94 bits per heavy atom. The van der Waals surface area contributed by atoms with Gasteiger partial charge in [-0.1, -0.05) is 6.92 Å². The summed E-state index contributed by atoms with van der Waals surface area (Å²) >= 11 is 0. The van der Waals surface area contributed by atoms with E-state index in [9.17, 15) is 0 Å². The third kappa shape index (κ3) is 2.38. The largest absolute Gasteiger partial charge is 0.367 e. The molecular weight excluding hydrogens is 200 g/mol. The molecule has 4 heteroatoms. The van der Waals surface area contributed by atoms with Gasteiger partial charge in [-0.15, -0.1) is 0 Å². The highest BCUT2D eigenvalue weighted by Gasteiger charge is 2.24. The van der Waals surface area contributed by atoms with Gasteiger partial charge in [0.15, 0.2) is 0 Å². The molecule has 0 aromatic carbocycles. The number of rotatable bonds is 3. The second-order valence-corrected chi connectivity index (χ2v) is 4.68. The van der Waals surface area contributed by atoms with Crippen LogP contribution in [-0.2, 0) is 7.05 Å². The first kappa shape index (κ1) is 11.5. The van der Waals surface area contributed by atoms with Crippen molar-refractivity contribution in [2.24, 2.45) is 7.05 Å². The summed E-state index contributed by atoms with van der Waals surface area (Å²) in [7, 11) is 1.98. The lowest BCUT2D eigenvalue weighted by atomic mass is 9.98. The van der Waals surface area contributed by atoms with Crippen molar-refractivity contribution < 1.29 is 0 Å². The van der Waals surface area contributed by atoms with Gasteiger partial charge in [-0.2, -0.15) is 5.10 Å². The first-order valence-electron chi connectivity index (χ1n) is 6.19. The smallest absolute Gasteiger partial charge is 0.124 e. The third-order valence-electron chi connectivity index (χ3n) is 3.59. The topological polar surface area (TPSA) is 33.1 Å². The molecule has 1 aromatic heterocycles. The molecule has 0 bridgehead atoms. The molecule has 1 saturated heterocycles. The molecule has 1 aliphatic heterocycles. The highest BCUT2D eigenvalue weighted by molar-refractivity contribution is 5.35. The van der Waals surface area contributed by atoms with Gasteiger partial charge in [0.25, 0.3) is 0 Å². The zero-order valence-corrected chi connectivity index (χ0v) is 10.5. The van der Waals surface area contributed by atoms with Crippen LogP contribution < -0.4 is 5.32 Å². The fraction of sp³-hybridized carbons (Fsp3) is 0.750. The Kier molecular flexibility index (Phi) is 3.49. The lowest BCUT2D eigenvalue weighted by Crippen LogP contribution is -2.44. The second kappa shape index (κ2) is 4.87. The van der Waals surface area contributed by atoms with Crippen LogP contribution in [0.1, 0.15) is 26.7 Å². The van der Waals surface area contributed by atoms with Gasteiger partial charge in [0.05, 0.1) is 6.20 Å². The average molecular weight is 222 g/mol. The maximum Gasteiger partial charge on any atom is 0.124 e. The van der Waals surface area contributed by atoms with Gasteiger partial charge in [-0.05, 0) is 26.3 Å². The zero-order valence-electron chi connectivity index (χ0n) is 10.5. The van der Waals surface area contributed by atoms with Crippen LogP contribution in [0, 0.1) is 0 Å². The molecule has 1 fully saturated rings. The van der Waals surface area contributed by atoms with E-state index in [1.165, 1.54) is 25.9 Å². The molecule has 1 aliphatic rings. The molecule has 90 valence electrons. The minimum absolute atomic E-state index is 0.591. The lowest BCUT2D eigenvalue weighted by molar-refractivity contribution is 0.160. The van der Waals surface area contributed by atoms with Crippen LogP contribution in [0.4, 0.5) is 5.82 Å². The molecule has 0 spiro atoms. The van der Waals surface area contributed by atoms with Gasteiger partial charge in [-0.3, -0.25) is 4.68 Å². The van der Waals surface area contributed by atoms with Gasteiger partial charge in [0, 0.05) is 31.7 Å². The number of piperidine rings is 1. The lowest BCUT2D eigenvalue weighted by Gasteiger charge is -2.37. The van der Waals surface area contributed by atoms with Crippen LogP contribution >= 0.6 is 0 Å². The van der Waals surface area contributed by atoms with Crippen LogP contribution in [0.2, 0.25) is 0 Å². The maximum absolute atomic E-state index is 4.18. The van der Waals surface area contributed by atoms with E-state index >= 15 is 0 Å². The summed E-state index contributed by atoms with van der Waals surface area (Å²) in [6.45, 7) is 6.93. The van der Waals surface area contributed by atoms with Crippen molar-refractivity contribution in [1.82, 2.24) is 14.7 Å². The summed E-state index contributed by atoms with van der Waals surface area (Å²) in [5, 5.41) is 7.75. The number of likely N-dealkylation sites (tertiary alicyclic amines) is 1. The Balaban J connectivity index is 1.91. The minimum Gasteiger partial charge on any atom is -0.367 e. The number of aryl methyl sites for hydroxylation is 1. The van der Waals surface area contributed by atoms with E-state index in [0.29, 0.717) is 12.1 Å². The zero-order chi connectivity index (χ0) is 11.5. The number of hydrogen-bond acceptors (Lipinski definition) is 3. The fourth-order valence-corrected chi connectivity index (χ4v) is 2.55. The van der Waals surface area contributed by atoms with Crippen LogP contribution in [0.15, 0.2) is 12.3 Å². The normalized spacial score (nSPS) is 26.9. The van der Waals surface area contributed by atoms with E-state index in [-0.39, 0.29) is 0 Å². The number of nitrogens with zero attached hydrogens (tertiary/aromatic N) is 3. The van der Waals surface area contributed by atoms with E-state index in [2.05, 4.69) is 29.2 Å². The average Bonchev–Trinajstić information content (AvgIpc) is 2.65. The first-order chi connectivity index (χ1) is 7.70. The quantitative estimate of drug-likeness (QED) is 0.845. The predicted octanol–water partition coefficient (Wildman–Crippen LogP) is 1.70. The molecule has 2 unspecified atom stereocenters. The monoisotopic (exact) mass is 222 g/mol. The summed E-state index contributed by atoms with van der Waals surface area (Å²) in [6.07, 6.45) is 4.29. The Bertz CT molecular complexity index is 334. The van der Waals surface area contributed by atoms with Crippen LogP contribution in [0.5, 0.6) is 0 Å². The van der Waals surface area contributed by atoms with E-state index in [0.717, 1.165) is 5.82 Å². The predicted molar refractivity (Wildman–Crippen MR) is 66.6 cm³/mol. The van der Waals surface area contributed by atoms with Crippen molar-refractivity contribution in [2.75, 3.05) is 18.4 Å². The highest BCUT2D eigenvalue weighted by Crippen LogP contribution is 2.20. The molecule has 16 heavy (non-hydrogen) atoms. The number of hydrogen-bond donors (Lipinski definition) is 1. The van der Waals surface area contributed by atoms with Crippen molar-refractivity contribution in [1.29, 1.82) is 0 Å². The molecule has 1 aromatic rings. The third-order valence-corrected chi connectivity index (χ3v) is 3.59. The summed E-state index contributed by atoms with van der Waals surface area (Å²) in [5.41, 5.74) is 0. The molecule has 0 amide bonds. The molecule has 4 nitrogen and oxygen atoms in total. The Morgan fingerprint density at radius 2 is 2.38 bits per heavy atom. The summed E-state index contributed by atoms with van der Waals surface area (Å²) < 4.78 is 1.90. The van der Waals surface area contributed by atoms with E-state index < -0.39 is 0 Å². The number of aromatic nitrogens is 2. The van der Waals surface area contributed by atoms with Crippen LogP contribution in [0.25, 0.3) is 0 Å². The van der Waals surface area contributed by atoms with Gasteiger partial charge in [0.2, 0.25) is 0 Å². The molecule has 2 atom stereocenters. The molecule has 0 saturated carbocycles. The first-order valence-corrected chi connectivity index (χ1v) is 6.19. The van der Waals surface area contributed by atoms with Gasteiger partial charge in [-0.25, -0.2) is 0 Å². The van der Waals surface area contributed by atoms with Crippen molar-refractivity contribution in [3.05, 3.63) is 12.3 Å². The van der Waals surface area contributed by atoms with Crippen molar-refractivity contribution in [3.8, 4) is 0 Å².